The lowest BCUT2D eigenvalue weighted by atomic mass is 9.68. The fourth-order valence-corrected chi connectivity index (χ4v) is 13.0. The summed E-state index contributed by atoms with van der Waals surface area (Å²) in [5.41, 5.74) is 3.69. The lowest BCUT2D eigenvalue weighted by molar-refractivity contribution is -0.151. The average molecular weight is 777 g/mol. The zero-order chi connectivity index (χ0) is 38.8. The van der Waals surface area contributed by atoms with Gasteiger partial charge in [-0.05, 0) is 159 Å². The lowest BCUT2D eigenvalue weighted by Gasteiger charge is -2.43. The van der Waals surface area contributed by atoms with Crippen LogP contribution >= 0.6 is 0 Å². The molecule has 56 heavy (non-hydrogen) atoms. The smallest absolute Gasteiger partial charge is 0.249 e. The van der Waals surface area contributed by atoms with E-state index in [9.17, 15) is 24.3 Å². The Morgan fingerprint density at radius 1 is 0.679 bits per heavy atom. The normalized spacial score (nSPS) is 37.1. The number of nitrogens with zero attached hydrogens (tertiary/aromatic N) is 3. The Labute approximate surface area is 336 Å². The molecule has 0 aromatic rings. The summed E-state index contributed by atoms with van der Waals surface area (Å²) in [4.78, 5) is 57.4. The molecule has 8 fully saturated rings. The predicted molar refractivity (Wildman–Crippen MR) is 215 cm³/mol. The van der Waals surface area contributed by atoms with Crippen LogP contribution in [-0.4, -0.2) is 107 Å². The van der Waals surface area contributed by atoms with Gasteiger partial charge in [0.2, 0.25) is 23.6 Å². The number of hydrogen-bond acceptors (Lipinski definition) is 8. The van der Waals surface area contributed by atoms with Gasteiger partial charge in [-0.2, -0.15) is 0 Å². The maximum Gasteiger partial charge on any atom is 0.249 e. The molecule has 4 amide bonds. The zero-order valence-electron chi connectivity index (χ0n) is 34.5. The Kier molecular flexibility index (Phi) is 13.4. The van der Waals surface area contributed by atoms with Crippen LogP contribution in [0.2, 0.25) is 0 Å². The second-order valence-corrected chi connectivity index (χ2v) is 19.5. The Morgan fingerprint density at radius 3 is 1.98 bits per heavy atom. The molecule has 0 radical (unpaired) electrons. The predicted octanol–water partition coefficient (Wildman–Crippen LogP) is 6.54. The van der Waals surface area contributed by atoms with Gasteiger partial charge in [-0.25, -0.2) is 0 Å². The Balaban J connectivity index is 0.757. The number of allylic oxidation sites excluding steroid dienone is 2. The van der Waals surface area contributed by atoms with Crippen molar-refractivity contribution in [3.63, 3.8) is 0 Å². The SMILES string of the molecule is CC/C(=C(\C1CCC(O)CC1)C1CCC(OC2CCN(CC3CCN(C4CCC5C(=O)N(C6CCC(=O)NC6=O)C(=O)C5C4)CC3)CC2)CC1)C1CCCCC1. The highest BCUT2D eigenvalue weighted by Crippen LogP contribution is 2.46. The molecular formula is C46H72N4O6. The summed E-state index contributed by atoms with van der Waals surface area (Å²) < 4.78 is 6.87. The zero-order valence-corrected chi connectivity index (χ0v) is 34.5. The van der Waals surface area contributed by atoms with E-state index in [0.29, 0.717) is 42.9 Å². The van der Waals surface area contributed by atoms with Crippen molar-refractivity contribution in [2.75, 3.05) is 32.7 Å². The molecule has 4 saturated carbocycles. The first-order chi connectivity index (χ1) is 27.2. The minimum Gasteiger partial charge on any atom is -0.393 e. The van der Waals surface area contributed by atoms with E-state index >= 15 is 0 Å². The molecule has 4 aliphatic heterocycles. The molecule has 0 bridgehead atoms. The van der Waals surface area contributed by atoms with E-state index in [4.69, 9.17) is 4.74 Å². The summed E-state index contributed by atoms with van der Waals surface area (Å²) in [6.45, 7) is 7.95. The Bertz CT molecular complexity index is 1430. The minimum absolute atomic E-state index is 0.0871. The van der Waals surface area contributed by atoms with Crippen LogP contribution in [0.1, 0.15) is 155 Å². The second-order valence-electron chi connectivity index (χ2n) is 19.5. The van der Waals surface area contributed by atoms with Crippen molar-refractivity contribution in [1.29, 1.82) is 0 Å². The first-order valence-corrected chi connectivity index (χ1v) is 23.5. The van der Waals surface area contributed by atoms with Gasteiger partial charge < -0.3 is 19.6 Å². The first kappa shape index (κ1) is 40.6. The minimum atomic E-state index is -0.839. The molecule has 8 rings (SSSR count). The highest BCUT2D eigenvalue weighted by Gasteiger charge is 2.54. The molecule has 0 aromatic heterocycles. The number of imide groups is 2. The summed E-state index contributed by atoms with van der Waals surface area (Å²) in [7, 11) is 0. The molecule has 0 aromatic carbocycles. The van der Waals surface area contributed by atoms with Crippen molar-refractivity contribution >= 4 is 23.6 Å². The number of piperidine rings is 3. The number of rotatable bonds is 10. The fourth-order valence-electron chi connectivity index (χ4n) is 13.0. The van der Waals surface area contributed by atoms with Gasteiger partial charge in [-0.3, -0.25) is 29.4 Å². The van der Waals surface area contributed by atoms with E-state index < -0.39 is 11.9 Å². The molecular weight excluding hydrogens is 705 g/mol. The first-order valence-electron chi connectivity index (χ1n) is 23.5. The summed E-state index contributed by atoms with van der Waals surface area (Å²) in [6.07, 6.45) is 25.6. The van der Waals surface area contributed by atoms with Crippen molar-refractivity contribution in [1.82, 2.24) is 20.0 Å². The van der Waals surface area contributed by atoms with Gasteiger partial charge in [-0.1, -0.05) is 37.3 Å². The van der Waals surface area contributed by atoms with Crippen LogP contribution in [0.4, 0.5) is 0 Å². The summed E-state index contributed by atoms with van der Waals surface area (Å²) in [5, 5.41) is 12.6. The molecule has 0 spiro atoms. The molecule has 8 aliphatic rings. The number of aliphatic hydroxyl groups is 1. The van der Waals surface area contributed by atoms with Crippen molar-refractivity contribution in [3.05, 3.63) is 11.1 Å². The van der Waals surface area contributed by atoms with Gasteiger partial charge in [0, 0.05) is 32.1 Å². The number of ether oxygens (including phenoxy) is 1. The maximum atomic E-state index is 13.5. The number of aliphatic hydroxyl groups excluding tert-OH is 1. The quantitative estimate of drug-likeness (QED) is 0.190. The molecule has 4 atom stereocenters. The largest absolute Gasteiger partial charge is 0.393 e. The molecule has 10 nitrogen and oxygen atoms in total. The third kappa shape index (κ3) is 9.03. The van der Waals surface area contributed by atoms with E-state index in [1.54, 1.807) is 0 Å². The molecule has 2 N–H and O–H groups in total. The number of carbonyl (C=O) groups excluding carboxylic acids is 4. The number of fused-ring (bicyclic) bond motifs is 1. The van der Waals surface area contributed by atoms with E-state index in [1.165, 1.54) is 101 Å². The number of hydrogen-bond donors (Lipinski definition) is 2. The van der Waals surface area contributed by atoms with Crippen molar-refractivity contribution in [2.24, 2.45) is 35.5 Å². The molecule has 4 heterocycles. The van der Waals surface area contributed by atoms with Gasteiger partial charge in [-0.15, -0.1) is 0 Å². The maximum absolute atomic E-state index is 13.5. The van der Waals surface area contributed by atoms with Crippen LogP contribution in [0.5, 0.6) is 0 Å². The number of nitrogens with one attached hydrogen (secondary N) is 1. The number of amides is 4. The Morgan fingerprint density at radius 2 is 1.32 bits per heavy atom. The lowest BCUT2D eigenvalue weighted by Crippen LogP contribution is -2.54. The molecule has 4 unspecified atom stereocenters. The molecule has 4 aliphatic carbocycles. The monoisotopic (exact) mass is 777 g/mol. The van der Waals surface area contributed by atoms with Crippen LogP contribution in [0.3, 0.4) is 0 Å². The van der Waals surface area contributed by atoms with Crippen LogP contribution in [0.25, 0.3) is 0 Å². The van der Waals surface area contributed by atoms with Gasteiger partial charge in [0.05, 0.1) is 30.1 Å². The fraction of sp³-hybridized carbons (Fsp3) is 0.870. The van der Waals surface area contributed by atoms with Crippen molar-refractivity contribution in [2.45, 2.75) is 185 Å². The molecule has 312 valence electrons. The number of likely N-dealkylation sites (tertiary alicyclic amines) is 3. The van der Waals surface area contributed by atoms with Crippen molar-refractivity contribution in [3.8, 4) is 0 Å². The average Bonchev–Trinajstić information content (AvgIpc) is 3.47. The van der Waals surface area contributed by atoms with Gasteiger partial charge in [0.15, 0.2) is 0 Å². The highest BCUT2D eigenvalue weighted by molar-refractivity contribution is 6.10. The second kappa shape index (κ2) is 18.4. The summed E-state index contributed by atoms with van der Waals surface area (Å²) in [5.74, 6) is 1.02. The Hall–Kier alpha value is -2.14. The molecule has 4 saturated heterocycles. The van der Waals surface area contributed by atoms with Crippen molar-refractivity contribution < 1.29 is 29.0 Å². The van der Waals surface area contributed by atoms with Gasteiger partial charge >= 0.3 is 0 Å². The van der Waals surface area contributed by atoms with E-state index in [0.717, 1.165) is 70.1 Å². The topological polar surface area (TPSA) is 119 Å². The summed E-state index contributed by atoms with van der Waals surface area (Å²) >= 11 is 0. The van der Waals surface area contributed by atoms with Gasteiger partial charge in [0.1, 0.15) is 6.04 Å². The van der Waals surface area contributed by atoms with E-state index in [1.807, 2.05) is 11.1 Å². The van der Waals surface area contributed by atoms with Crippen LogP contribution < -0.4 is 5.32 Å². The standard InChI is InChI=1S/C46H72N4O6/c1-2-38(31-6-4-3-5-7-31)43(32-8-13-35(51)14-9-32)33-10-15-36(16-11-33)56-37-22-24-48(25-23-37)29-30-20-26-49(27-21-30)34-12-17-39-40(28-34)46(55)50(45(39)54)41-18-19-42(52)47-44(41)53/h30-37,39-41,51H,2-29H2,1H3,(H,47,52,53)/b43-38-. The third-order valence-electron chi connectivity index (χ3n) is 16.2. The highest BCUT2D eigenvalue weighted by atomic mass is 16.5. The van der Waals surface area contributed by atoms with Crippen LogP contribution in [0, 0.1) is 35.5 Å². The van der Waals surface area contributed by atoms with Gasteiger partial charge in [0.25, 0.3) is 0 Å². The van der Waals surface area contributed by atoms with E-state index in [-0.39, 0.29) is 48.5 Å². The molecule has 10 heteroatoms. The number of carbonyl (C=O) groups is 4. The van der Waals surface area contributed by atoms with E-state index in [2.05, 4.69) is 22.0 Å². The van der Waals surface area contributed by atoms with Crippen LogP contribution in [0.15, 0.2) is 11.1 Å². The summed E-state index contributed by atoms with van der Waals surface area (Å²) in [6, 6.07) is -0.526. The third-order valence-corrected chi connectivity index (χ3v) is 16.2. The van der Waals surface area contributed by atoms with Crippen LogP contribution in [-0.2, 0) is 23.9 Å².